The molecule has 0 unspecified atom stereocenters. The van der Waals surface area contributed by atoms with E-state index in [0.29, 0.717) is 30.1 Å². The fraction of sp³-hybridized carbons (Fsp3) is 0.643. The van der Waals surface area contributed by atoms with Crippen molar-refractivity contribution >= 4 is 5.91 Å². The third-order valence-electron chi connectivity index (χ3n) is 4.01. The van der Waals surface area contributed by atoms with E-state index < -0.39 is 11.2 Å². The third kappa shape index (κ3) is 3.81. The molecule has 1 heterocycles. The summed E-state index contributed by atoms with van der Waals surface area (Å²) in [5.41, 5.74) is -0.0289. The molecule has 7 nitrogen and oxygen atoms in total. The van der Waals surface area contributed by atoms with E-state index >= 15 is 0 Å². The molecule has 21 heavy (non-hydrogen) atoms. The lowest BCUT2D eigenvalue weighted by Gasteiger charge is -2.34. The fourth-order valence-electron chi connectivity index (χ4n) is 2.69. The van der Waals surface area contributed by atoms with Crippen LogP contribution in [0.1, 0.15) is 30.5 Å². The molecule has 7 heteroatoms. The molecule has 0 aliphatic heterocycles. The maximum Gasteiger partial charge on any atom is 0.325 e. The number of aromatic amines is 2. The largest absolute Gasteiger partial charge is 0.393 e. The van der Waals surface area contributed by atoms with Crippen molar-refractivity contribution in [3.63, 3.8) is 0 Å². The number of aliphatic hydroxyl groups excluding tert-OH is 1. The second-order valence-electron chi connectivity index (χ2n) is 5.78. The highest BCUT2D eigenvalue weighted by atomic mass is 16.3. The maximum atomic E-state index is 12.0. The highest BCUT2D eigenvalue weighted by Crippen LogP contribution is 2.27. The van der Waals surface area contributed by atoms with Gasteiger partial charge in [0.1, 0.15) is 0 Å². The summed E-state index contributed by atoms with van der Waals surface area (Å²) in [5.74, 6) is 0.327. The van der Waals surface area contributed by atoms with Gasteiger partial charge in [-0.2, -0.15) is 0 Å². The van der Waals surface area contributed by atoms with Crippen LogP contribution < -0.4 is 11.2 Å². The van der Waals surface area contributed by atoms with Crippen molar-refractivity contribution in [3.8, 4) is 0 Å². The van der Waals surface area contributed by atoms with E-state index in [1.807, 2.05) is 0 Å². The normalized spacial score (nSPS) is 20.9. The van der Waals surface area contributed by atoms with Crippen molar-refractivity contribution in [2.45, 2.75) is 38.7 Å². The van der Waals surface area contributed by atoms with Crippen LogP contribution in [0.5, 0.6) is 0 Å². The number of rotatable bonds is 5. The van der Waals surface area contributed by atoms with Crippen LogP contribution >= 0.6 is 0 Å². The molecule has 1 saturated carbocycles. The van der Waals surface area contributed by atoms with E-state index in [-0.39, 0.29) is 18.4 Å². The van der Waals surface area contributed by atoms with Gasteiger partial charge in [-0.15, -0.1) is 0 Å². The molecule has 1 fully saturated rings. The van der Waals surface area contributed by atoms with Crippen molar-refractivity contribution in [3.05, 3.63) is 32.1 Å². The van der Waals surface area contributed by atoms with Gasteiger partial charge in [0.15, 0.2) is 0 Å². The summed E-state index contributed by atoms with van der Waals surface area (Å²) >= 11 is 0. The van der Waals surface area contributed by atoms with Crippen LogP contribution in [0.25, 0.3) is 0 Å². The first kappa shape index (κ1) is 15.5. The third-order valence-corrected chi connectivity index (χ3v) is 4.01. The SMILES string of the molecule is Cc1[nH]c(=O)[nH]c(=O)c1CCC(=O)N(C)CC1CC(O)C1. The van der Waals surface area contributed by atoms with Crippen LogP contribution in [-0.4, -0.2) is 45.6 Å². The second-order valence-corrected chi connectivity index (χ2v) is 5.78. The Labute approximate surface area is 122 Å². The topological polar surface area (TPSA) is 106 Å². The molecular formula is C14H21N3O4. The second kappa shape index (κ2) is 6.26. The Hall–Kier alpha value is -1.89. The zero-order valence-electron chi connectivity index (χ0n) is 12.3. The van der Waals surface area contributed by atoms with E-state index in [9.17, 15) is 19.5 Å². The Morgan fingerprint density at radius 1 is 1.33 bits per heavy atom. The quantitative estimate of drug-likeness (QED) is 0.683. The lowest BCUT2D eigenvalue weighted by molar-refractivity contribution is -0.131. The lowest BCUT2D eigenvalue weighted by Crippen LogP contribution is -2.39. The molecule has 0 spiro atoms. The first-order chi connectivity index (χ1) is 9.86. The van der Waals surface area contributed by atoms with Gasteiger partial charge in [-0.05, 0) is 32.1 Å². The molecule has 3 N–H and O–H groups in total. The standard InChI is InChI=1S/C14H21N3O4/c1-8-11(13(20)16-14(21)15-8)3-4-12(19)17(2)7-9-5-10(18)6-9/h9-10,18H,3-7H2,1-2H3,(H2,15,16,20,21). The zero-order valence-corrected chi connectivity index (χ0v) is 12.3. The summed E-state index contributed by atoms with van der Waals surface area (Å²) in [6.07, 6.45) is 1.80. The van der Waals surface area contributed by atoms with Gasteiger partial charge in [0.2, 0.25) is 5.91 Å². The molecule has 0 bridgehead atoms. The van der Waals surface area contributed by atoms with Gasteiger partial charge < -0.3 is 15.0 Å². The average Bonchev–Trinajstić information content (AvgIpc) is 2.35. The summed E-state index contributed by atoms with van der Waals surface area (Å²) in [6.45, 7) is 2.28. The number of aliphatic hydroxyl groups is 1. The van der Waals surface area contributed by atoms with Gasteiger partial charge >= 0.3 is 5.69 Å². The molecule has 1 aromatic rings. The first-order valence-corrected chi connectivity index (χ1v) is 7.11. The van der Waals surface area contributed by atoms with Crippen LogP contribution in [0.2, 0.25) is 0 Å². The van der Waals surface area contributed by atoms with Crippen molar-refractivity contribution < 1.29 is 9.90 Å². The minimum Gasteiger partial charge on any atom is -0.393 e. The zero-order chi connectivity index (χ0) is 15.6. The van der Waals surface area contributed by atoms with Gasteiger partial charge in [0.25, 0.3) is 5.56 Å². The summed E-state index contributed by atoms with van der Waals surface area (Å²) in [6, 6.07) is 0. The van der Waals surface area contributed by atoms with Crippen molar-refractivity contribution in [1.29, 1.82) is 0 Å². The molecule has 0 saturated heterocycles. The summed E-state index contributed by atoms with van der Waals surface area (Å²) in [4.78, 5) is 41.2. The summed E-state index contributed by atoms with van der Waals surface area (Å²) < 4.78 is 0. The number of hydrogen-bond donors (Lipinski definition) is 3. The molecule has 1 amide bonds. The molecule has 1 aromatic heterocycles. The highest BCUT2D eigenvalue weighted by Gasteiger charge is 2.29. The van der Waals surface area contributed by atoms with E-state index in [1.165, 1.54) is 0 Å². The van der Waals surface area contributed by atoms with Crippen LogP contribution in [0, 0.1) is 12.8 Å². The summed E-state index contributed by atoms with van der Waals surface area (Å²) in [7, 11) is 1.73. The van der Waals surface area contributed by atoms with Gasteiger partial charge in [-0.3, -0.25) is 14.6 Å². The van der Waals surface area contributed by atoms with Crippen molar-refractivity contribution in [2.75, 3.05) is 13.6 Å². The molecule has 1 aliphatic rings. The number of carbonyl (C=O) groups is 1. The Bertz CT molecular complexity index is 628. The number of nitrogens with zero attached hydrogens (tertiary/aromatic N) is 1. The van der Waals surface area contributed by atoms with Crippen LogP contribution in [0.3, 0.4) is 0 Å². The molecule has 1 aliphatic carbocycles. The molecule has 0 atom stereocenters. The van der Waals surface area contributed by atoms with Gasteiger partial charge in [0, 0.05) is 31.3 Å². The number of H-pyrrole nitrogens is 2. The molecule has 116 valence electrons. The predicted molar refractivity (Wildman–Crippen MR) is 77.1 cm³/mol. The molecule has 0 radical (unpaired) electrons. The van der Waals surface area contributed by atoms with Crippen LogP contribution in [-0.2, 0) is 11.2 Å². The number of hydrogen-bond acceptors (Lipinski definition) is 4. The molecule has 2 rings (SSSR count). The highest BCUT2D eigenvalue weighted by molar-refractivity contribution is 5.76. The van der Waals surface area contributed by atoms with Crippen LogP contribution in [0.4, 0.5) is 0 Å². The number of carbonyl (C=O) groups excluding carboxylic acids is 1. The Balaban J connectivity index is 1.89. The smallest absolute Gasteiger partial charge is 0.325 e. The van der Waals surface area contributed by atoms with Gasteiger partial charge in [-0.25, -0.2) is 4.79 Å². The average molecular weight is 295 g/mol. The van der Waals surface area contributed by atoms with Crippen molar-refractivity contribution in [1.82, 2.24) is 14.9 Å². The Kier molecular flexibility index (Phi) is 4.62. The number of nitrogens with one attached hydrogen (secondary N) is 2. The van der Waals surface area contributed by atoms with Crippen LogP contribution in [0.15, 0.2) is 9.59 Å². The van der Waals surface area contributed by atoms with Gasteiger partial charge in [-0.1, -0.05) is 0 Å². The van der Waals surface area contributed by atoms with E-state index in [1.54, 1.807) is 18.9 Å². The molecular weight excluding hydrogens is 274 g/mol. The van der Waals surface area contributed by atoms with E-state index in [4.69, 9.17) is 0 Å². The Morgan fingerprint density at radius 3 is 2.57 bits per heavy atom. The lowest BCUT2D eigenvalue weighted by atomic mass is 9.82. The monoisotopic (exact) mass is 295 g/mol. The van der Waals surface area contributed by atoms with E-state index in [2.05, 4.69) is 9.97 Å². The number of aryl methyl sites for hydroxylation is 1. The first-order valence-electron chi connectivity index (χ1n) is 7.11. The fourth-order valence-corrected chi connectivity index (χ4v) is 2.69. The minimum atomic E-state index is -0.534. The number of amides is 1. The maximum absolute atomic E-state index is 12.0. The molecule has 0 aromatic carbocycles. The predicted octanol–water partition coefficient (Wildman–Crippen LogP) is -0.466. The Morgan fingerprint density at radius 2 is 2.00 bits per heavy atom. The van der Waals surface area contributed by atoms with Gasteiger partial charge in [0.05, 0.1) is 6.10 Å². The minimum absolute atomic E-state index is 0.0404. The van der Waals surface area contributed by atoms with E-state index in [0.717, 1.165) is 12.8 Å². The number of aromatic nitrogens is 2. The van der Waals surface area contributed by atoms with Crippen molar-refractivity contribution in [2.24, 2.45) is 5.92 Å². The summed E-state index contributed by atoms with van der Waals surface area (Å²) in [5, 5.41) is 9.23.